The number of rotatable bonds is 3. The Hall–Kier alpha value is -1.16. The summed E-state index contributed by atoms with van der Waals surface area (Å²) < 4.78 is 0. The molecule has 0 amide bonds. The van der Waals surface area contributed by atoms with Crippen LogP contribution >= 0.6 is 0 Å². The molecule has 1 unspecified atom stereocenters. The Labute approximate surface area is 90.5 Å². The summed E-state index contributed by atoms with van der Waals surface area (Å²) in [6, 6.07) is 0. The molecule has 1 aromatic heterocycles. The van der Waals surface area contributed by atoms with Gasteiger partial charge in [0.15, 0.2) is 0 Å². The van der Waals surface area contributed by atoms with E-state index < -0.39 is 0 Å². The van der Waals surface area contributed by atoms with E-state index in [2.05, 4.69) is 21.8 Å². The van der Waals surface area contributed by atoms with Gasteiger partial charge in [0, 0.05) is 25.5 Å². The number of nitrogens with two attached hydrogens (primary N) is 1. The summed E-state index contributed by atoms with van der Waals surface area (Å²) in [6.07, 6.45) is 5.98. The first kappa shape index (κ1) is 10.4. The van der Waals surface area contributed by atoms with Crippen molar-refractivity contribution in [1.82, 2.24) is 9.97 Å². The Bertz CT molecular complexity index is 309. The zero-order chi connectivity index (χ0) is 10.7. The highest BCUT2D eigenvalue weighted by molar-refractivity contribution is 5.31. The number of hydrogen-bond donors (Lipinski definition) is 1. The Balaban J connectivity index is 2.04. The number of hydrogen-bond acceptors (Lipinski definition) is 4. The van der Waals surface area contributed by atoms with Gasteiger partial charge in [-0.1, -0.05) is 6.92 Å². The lowest BCUT2D eigenvalue weighted by Gasteiger charge is -2.15. The maximum Gasteiger partial charge on any atom is 0.225 e. The van der Waals surface area contributed by atoms with E-state index in [0.29, 0.717) is 5.92 Å². The highest BCUT2D eigenvalue weighted by Crippen LogP contribution is 2.19. The minimum atomic E-state index is 0.611. The molecule has 82 valence electrons. The summed E-state index contributed by atoms with van der Waals surface area (Å²) in [7, 11) is 0. The van der Waals surface area contributed by atoms with Gasteiger partial charge in [-0.2, -0.15) is 0 Å². The van der Waals surface area contributed by atoms with E-state index in [0.717, 1.165) is 38.4 Å². The molecule has 0 spiro atoms. The summed E-state index contributed by atoms with van der Waals surface area (Å²) in [5.41, 5.74) is 6.84. The molecule has 1 fully saturated rings. The predicted molar refractivity (Wildman–Crippen MR) is 60.8 cm³/mol. The van der Waals surface area contributed by atoms with Crippen LogP contribution in [0.15, 0.2) is 12.4 Å². The average Bonchev–Trinajstić information content (AvgIpc) is 2.78. The fourth-order valence-corrected chi connectivity index (χ4v) is 1.90. The zero-order valence-corrected chi connectivity index (χ0v) is 9.19. The van der Waals surface area contributed by atoms with Crippen LogP contribution in [0.3, 0.4) is 0 Å². The lowest BCUT2D eigenvalue weighted by atomic mass is 10.1. The second kappa shape index (κ2) is 4.57. The third-order valence-electron chi connectivity index (χ3n) is 3.00. The van der Waals surface area contributed by atoms with Gasteiger partial charge >= 0.3 is 0 Å². The number of nitrogens with zero attached hydrogens (tertiary/aromatic N) is 3. The summed E-state index contributed by atoms with van der Waals surface area (Å²) in [5.74, 6) is 1.46. The summed E-state index contributed by atoms with van der Waals surface area (Å²) in [5, 5.41) is 0. The molecular formula is C11H18N4. The maximum atomic E-state index is 5.65. The summed E-state index contributed by atoms with van der Waals surface area (Å²) >= 11 is 0. The first-order chi connectivity index (χ1) is 7.33. The topological polar surface area (TPSA) is 55.0 Å². The van der Waals surface area contributed by atoms with E-state index in [-0.39, 0.29) is 0 Å². The standard InChI is InChI=1S/C11H18N4/c1-2-9-6-13-11(14-7-9)15-4-3-10(5-12)8-15/h6-7,10H,2-5,8,12H2,1H3. The third-order valence-corrected chi connectivity index (χ3v) is 3.00. The minimum Gasteiger partial charge on any atom is -0.340 e. The molecule has 2 heterocycles. The SMILES string of the molecule is CCc1cnc(N2CCC(CN)C2)nc1. The van der Waals surface area contributed by atoms with Crippen LogP contribution in [0.4, 0.5) is 5.95 Å². The predicted octanol–water partition coefficient (Wildman–Crippen LogP) is 0.824. The molecule has 1 aliphatic rings. The fourth-order valence-electron chi connectivity index (χ4n) is 1.90. The number of aryl methyl sites for hydroxylation is 1. The molecule has 1 saturated heterocycles. The normalized spacial score (nSPS) is 20.9. The van der Waals surface area contributed by atoms with Crippen molar-refractivity contribution >= 4 is 5.95 Å². The maximum absolute atomic E-state index is 5.65. The van der Waals surface area contributed by atoms with Crippen molar-refractivity contribution < 1.29 is 0 Å². The largest absolute Gasteiger partial charge is 0.340 e. The first-order valence-corrected chi connectivity index (χ1v) is 5.59. The van der Waals surface area contributed by atoms with E-state index in [1.807, 2.05) is 12.4 Å². The highest BCUT2D eigenvalue weighted by atomic mass is 15.3. The van der Waals surface area contributed by atoms with Gasteiger partial charge in [-0.3, -0.25) is 0 Å². The van der Waals surface area contributed by atoms with E-state index >= 15 is 0 Å². The molecule has 1 aliphatic heterocycles. The molecule has 2 N–H and O–H groups in total. The average molecular weight is 206 g/mol. The van der Waals surface area contributed by atoms with Crippen LogP contribution in [-0.4, -0.2) is 29.6 Å². The van der Waals surface area contributed by atoms with Crippen molar-refractivity contribution in [1.29, 1.82) is 0 Å². The van der Waals surface area contributed by atoms with Gasteiger partial charge in [0.05, 0.1) is 0 Å². The molecular weight excluding hydrogens is 188 g/mol. The van der Waals surface area contributed by atoms with Crippen LogP contribution in [0.25, 0.3) is 0 Å². The van der Waals surface area contributed by atoms with Gasteiger partial charge < -0.3 is 10.6 Å². The van der Waals surface area contributed by atoms with Crippen molar-refractivity contribution in [2.45, 2.75) is 19.8 Å². The van der Waals surface area contributed by atoms with E-state index in [1.165, 1.54) is 5.56 Å². The smallest absolute Gasteiger partial charge is 0.225 e. The van der Waals surface area contributed by atoms with Gasteiger partial charge in [-0.25, -0.2) is 9.97 Å². The van der Waals surface area contributed by atoms with Crippen molar-refractivity contribution in [3.8, 4) is 0 Å². The number of aromatic nitrogens is 2. The van der Waals surface area contributed by atoms with Crippen molar-refractivity contribution in [3.05, 3.63) is 18.0 Å². The number of anilines is 1. The quantitative estimate of drug-likeness (QED) is 0.795. The second-order valence-electron chi connectivity index (χ2n) is 4.08. The van der Waals surface area contributed by atoms with Gasteiger partial charge in [0.25, 0.3) is 0 Å². The Kier molecular flexibility index (Phi) is 3.16. The first-order valence-electron chi connectivity index (χ1n) is 5.59. The molecule has 0 aliphatic carbocycles. The van der Waals surface area contributed by atoms with Crippen molar-refractivity contribution in [3.63, 3.8) is 0 Å². The fraction of sp³-hybridized carbons (Fsp3) is 0.636. The summed E-state index contributed by atoms with van der Waals surface area (Å²) in [6.45, 7) is 4.91. The van der Waals surface area contributed by atoms with Gasteiger partial charge in [0.2, 0.25) is 5.95 Å². The Morgan fingerprint density at radius 3 is 2.73 bits per heavy atom. The molecule has 4 nitrogen and oxygen atoms in total. The van der Waals surface area contributed by atoms with Gasteiger partial charge in [-0.15, -0.1) is 0 Å². The Morgan fingerprint density at radius 2 is 2.20 bits per heavy atom. The van der Waals surface area contributed by atoms with Crippen molar-refractivity contribution in [2.75, 3.05) is 24.5 Å². The van der Waals surface area contributed by atoms with Crippen LogP contribution in [0.5, 0.6) is 0 Å². The van der Waals surface area contributed by atoms with E-state index in [1.54, 1.807) is 0 Å². The van der Waals surface area contributed by atoms with Crippen LogP contribution < -0.4 is 10.6 Å². The second-order valence-corrected chi connectivity index (χ2v) is 4.08. The zero-order valence-electron chi connectivity index (χ0n) is 9.19. The van der Waals surface area contributed by atoms with Crippen LogP contribution in [0.1, 0.15) is 18.9 Å². The minimum absolute atomic E-state index is 0.611. The molecule has 0 aromatic carbocycles. The molecule has 15 heavy (non-hydrogen) atoms. The molecule has 2 rings (SSSR count). The van der Waals surface area contributed by atoms with E-state index in [4.69, 9.17) is 5.73 Å². The molecule has 1 atom stereocenters. The lowest BCUT2D eigenvalue weighted by molar-refractivity contribution is 0.601. The molecule has 0 saturated carbocycles. The van der Waals surface area contributed by atoms with Crippen LogP contribution in [0, 0.1) is 5.92 Å². The molecule has 1 aromatic rings. The third kappa shape index (κ3) is 2.26. The van der Waals surface area contributed by atoms with Crippen LogP contribution in [-0.2, 0) is 6.42 Å². The van der Waals surface area contributed by atoms with Gasteiger partial charge in [-0.05, 0) is 30.9 Å². The van der Waals surface area contributed by atoms with E-state index in [9.17, 15) is 0 Å². The molecule has 4 heteroatoms. The highest BCUT2D eigenvalue weighted by Gasteiger charge is 2.22. The Morgan fingerprint density at radius 1 is 1.47 bits per heavy atom. The molecule has 0 radical (unpaired) electrons. The van der Waals surface area contributed by atoms with Crippen molar-refractivity contribution in [2.24, 2.45) is 11.7 Å². The molecule has 0 bridgehead atoms. The monoisotopic (exact) mass is 206 g/mol. The summed E-state index contributed by atoms with van der Waals surface area (Å²) in [4.78, 5) is 11.0. The van der Waals surface area contributed by atoms with Gasteiger partial charge in [0.1, 0.15) is 0 Å². The van der Waals surface area contributed by atoms with Crippen LogP contribution in [0.2, 0.25) is 0 Å². The lowest BCUT2D eigenvalue weighted by Crippen LogP contribution is -2.24.